The minimum atomic E-state index is -1.19. The molecule has 2 aromatic carbocycles. The lowest BCUT2D eigenvalue weighted by atomic mass is 10.0. The SMILES string of the molecule is CCCCCCc1cc(/C=C(\C#N)C(=O)O)sc1-c1ccc(C=C2c3ccc(N(C)C)cc3-c3cc(N(C)C)ccc32)s1. The van der Waals surface area contributed by atoms with Crippen LogP contribution in [0.1, 0.15) is 59.1 Å². The van der Waals surface area contributed by atoms with Gasteiger partial charge in [-0.15, -0.1) is 22.7 Å². The summed E-state index contributed by atoms with van der Waals surface area (Å²) >= 11 is 3.32. The third kappa shape index (κ3) is 6.46. The number of anilines is 2. The number of aliphatic carboxylic acids is 1. The first-order chi connectivity index (χ1) is 20.7. The molecule has 5 rings (SSSR count). The van der Waals surface area contributed by atoms with Gasteiger partial charge in [0.2, 0.25) is 0 Å². The smallest absolute Gasteiger partial charge is 0.346 e. The average molecular weight is 608 g/mol. The van der Waals surface area contributed by atoms with E-state index in [1.807, 2.05) is 6.07 Å². The largest absolute Gasteiger partial charge is 0.477 e. The summed E-state index contributed by atoms with van der Waals surface area (Å²) in [6.07, 6.45) is 9.38. The van der Waals surface area contributed by atoms with Crippen LogP contribution >= 0.6 is 22.7 Å². The number of fused-ring (bicyclic) bond motifs is 3. The second kappa shape index (κ2) is 13.0. The van der Waals surface area contributed by atoms with E-state index in [2.05, 4.69) is 106 Å². The van der Waals surface area contributed by atoms with Crippen molar-refractivity contribution in [3.8, 4) is 27.0 Å². The maximum atomic E-state index is 11.5. The van der Waals surface area contributed by atoms with Crippen LogP contribution in [0.5, 0.6) is 0 Å². The van der Waals surface area contributed by atoms with E-state index < -0.39 is 5.97 Å². The molecular formula is C36H37N3O2S2. The average Bonchev–Trinajstić information content (AvgIpc) is 3.69. The number of unbranched alkanes of at least 4 members (excludes halogenated alkanes) is 3. The van der Waals surface area contributed by atoms with Crippen molar-refractivity contribution in [2.75, 3.05) is 38.0 Å². The molecule has 1 aliphatic rings. The first kappa shape index (κ1) is 30.3. The molecule has 0 aliphatic heterocycles. The number of carboxylic acids is 1. The molecule has 0 atom stereocenters. The van der Waals surface area contributed by atoms with Gasteiger partial charge in [0.05, 0.1) is 0 Å². The van der Waals surface area contributed by atoms with Gasteiger partial charge in [-0.2, -0.15) is 5.26 Å². The first-order valence-electron chi connectivity index (χ1n) is 14.6. The van der Waals surface area contributed by atoms with Crippen LogP contribution in [0, 0.1) is 11.3 Å². The van der Waals surface area contributed by atoms with Crippen LogP contribution in [-0.2, 0) is 11.2 Å². The van der Waals surface area contributed by atoms with Crippen molar-refractivity contribution in [2.45, 2.75) is 39.0 Å². The number of carboxylic acid groups (broad SMARTS) is 1. The lowest BCUT2D eigenvalue weighted by Crippen LogP contribution is -2.09. The second-order valence-corrected chi connectivity index (χ2v) is 13.5. The van der Waals surface area contributed by atoms with Gasteiger partial charge in [0.1, 0.15) is 11.6 Å². The minimum Gasteiger partial charge on any atom is -0.477 e. The van der Waals surface area contributed by atoms with Crippen molar-refractivity contribution in [3.05, 3.63) is 86.6 Å². The molecule has 220 valence electrons. The number of hydrogen-bond acceptors (Lipinski definition) is 6. The second-order valence-electron chi connectivity index (χ2n) is 11.3. The Labute approximate surface area is 262 Å². The Hall–Kier alpha value is -4.12. The first-order valence-corrected chi connectivity index (χ1v) is 16.3. The number of thiophene rings is 2. The number of aryl methyl sites for hydroxylation is 1. The number of rotatable bonds is 11. The maximum absolute atomic E-state index is 11.5. The number of carbonyl (C=O) groups is 1. The molecule has 1 N–H and O–H groups in total. The Morgan fingerprint density at radius 3 is 2.05 bits per heavy atom. The van der Waals surface area contributed by atoms with Gasteiger partial charge < -0.3 is 14.9 Å². The highest BCUT2D eigenvalue weighted by Gasteiger charge is 2.25. The fraction of sp³-hybridized carbons (Fsp3) is 0.278. The molecule has 0 radical (unpaired) electrons. The monoisotopic (exact) mass is 607 g/mol. The van der Waals surface area contributed by atoms with Crippen LogP contribution in [0.3, 0.4) is 0 Å². The molecule has 4 aromatic rings. The molecule has 2 aromatic heterocycles. The molecule has 43 heavy (non-hydrogen) atoms. The number of nitrogens with zero attached hydrogens (tertiary/aromatic N) is 3. The van der Waals surface area contributed by atoms with Crippen molar-refractivity contribution in [1.82, 2.24) is 0 Å². The van der Waals surface area contributed by atoms with Crippen molar-refractivity contribution in [2.24, 2.45) is 0 Å². The zero-order valence-corrected chi connectivity index (χ0v) is 27.0. The zero-order chi connectivity index (χ0) is 30.7. The highest BCUT2D eigenvalue weighted by molar-refractivity contribution is 7.23. The predicted molar refractivity (Wildman–Crippen MR) is 184 cm³/mol. The molecule has 0 saturated carbocycles. The van der Waals surface area contributed by atoms with Gasteiger partial charge >= 0.3 is 5.97 Å². The Kier molecular flexibility index (Phi) is 9.19. The number of benzene rings is 2. The molecule has 0 amide bonds. The Bertz CT molecular complexity index is 1710. The Morgan fingerprint density at radius 2 is 1.49 bits per heavy atom. The zero-order valence-electron chi connectivity index (χ0n) is 25.4. The third-order valence-electron chi connectivity index (χ3n) is 7.81. The normalized spacial score (nSPS) is 12.1. The van der Waals surface area contributed by atoms with Crippen molar-refractivity contribution in [3.63, 3.8) is 0 Å². The predicted octanol–water partition coefficient (Wildman–Crippen LogP) is 9.29. The topological polar surface area (TPSA) is 67.6 Å². The van der Waals surface area contributed by atoms with Crippen molar-refractivity contribution in [1.29, 1.82) is 5.26 Å². The molecular weight excluding hydrogens is 571 g/mol. The van der Waals surface area contributed by atoms with E-state index in [-0.39, 0.29) is 5.57 Å². The van der Waals surface area contributed by atoms with E-state index in [0.29, 0.717) is 0 Å². The summed E-state index contributed by atoms with van der Waals surface area (Å²) < 4.78 is 0. The Balaban J connectivity index is 1.55. The molecule has 0 bridgehead atoms. The molecule has 0 fully saturated rings. The van der Waals surface area contributed by atoms with Gasteiger partial charge in [-0.05, 0) is 101 Å². The van der Waals surface area contributed by atoms with Gasteiger partial charge in [-0.3, -0.25) is 0 Å². The fourth-order valence-electron chi connectivity index (χ4n) is 5.47. The van der Waals surface area contributed by atoms with Gasteiger partial charge in [0.15, 0.2) is 0 Å². The van der Waals surface area contributed by atoms with Crippen LogP contribution in [-0.4, -0.2) is 39.3 Å². The van der Waals surface area contributed by atoms with Gasteiger partial charge in [0, 0.05) is 59.1 Å². The van der Waals surface area contributed by atoms with E-state index in [1.165, 1.54) is 84.7 Å². The van der Waals surface area contributed by atoms with E-state index in [9.17, 15) is 15.2 Å². The van der Waals surface area contributed by atoms with E-state index in [1.54, 1.807) is 22.7 Å². The lowest BCUT2D eigenvalue weighted by Gasteiger charge is -2.15. The van der Waals surface area contributed by atoms with Crippen LogP contribution in [0.2, 0.25) is 0 Å². The number of nitriles is 1. The van der Waals surface area contributed by atoms with Gasteiger partial charge in [-0.25, -0.2) is 4.79 Å². The fourth-order valence-corrected chi connectivity index (χ4v) is 7.72. The third-order valence-corrected chi connectivity index (χ3v) is 10.1. The highest BCUT2D eigenvalue weighted by atomic mass is 32.1. The van der Waals surface area contributed by atoms with Crippen molar-refractivity contribution < 1.29 is 9.90 Å². The summed E-state index contributed by atoms with van der Waals surface area (Å²) in [4.78, 5) is 20.1. The molecule has 5 nitrogen and oxygen atoms in total. The Morgan fingerprint density at radius 1 is 0.837 bits per heavy atom. The van der Waals surface area contributed by atoms with Gasteiger partial charge in [-0.1, -0.05) is 38.3 Å². The highest BCUT2D eigenvalue weighted by Crippen LogP contribution is 2.48. The van der Waals surface area contributed by atoms with Crippen LogP contribution in [0.15, 0.2) is 60.2 Å². The molecule has 0 spiro atoms. The minimum absolute atomic E-state index is 0.240. The quantitative estimate of drug-likeness (QED) is 0.0921. The molecule has 1 aliphatic carbocycles. The van der Waals surface area contributed by atoms with Crippen LogP contribution in [0.4, 0.5) is 11.4 Å². The standard InChI is InChI=1S/C36H37N3O2S2/c1-6-7-8-9-10-23-17-28(18-24(22-37)36(40)41)43-35(23)34-16-13-27(42-34)21-33-29-14-11-25(38(2)3)19-31(29)32-20-26(39(4)5)12-15-30(32)33/h11-21H,6-10H2,1-5H3,(H,40,41)/b24-18+. The van der Waals surface area contributed by atoms with E-state index in [4.69, 9.17) is 0 Å². The molecule has 0 saturated heterocycles. The van der Waals surface area contributed by atoms with Crippen LogP contribution in [0.25, 0.3) is 38.6 Å². The molecule has 2 heterocycles. The maximum Gasteiger partial charge on any atom is 0.346 e. The van der Waals surface area contributed by atoms with Crippen molar-refractivity contribution >= 4 is 57.7 Å². The summed E-state index contributed by atoms with van der Waals surface area (Å²) in [6.45, 7) is 2.21. The van der Waals surface area contributed by atoms with Gasteiger partial charge in [0.25, 0.3) is 0 Å². The summed E-state index contributed by atoms with van der Waals surface area (Å²) in [5, 5.41) is 18.7. The molecule has 0 unspecified atom stereocenters. The molecule has 7 heteroatoms. The van der Waals surface area contributed by atoms with Crippen LogP contribution < -0.4 is 9.80 Å². The summed E-state index contributed by atoms with van der Waals surface area (Å²) in [5.74, 6) is -1.19. The number of hydrogen-bond donors (Lipinski definition) is 1. The van der Waals surface area contributed by atoms with E-state index >= 15 is 0 Å². The van der Waals surface area contributed by atoms with E-state index in [0.717, 1.165) is 17.7 Å². The summed E-state index contributed by atoms with van der Waals surface area (Å²) in [6, 6.07) is 21.7. The summed E-state index contributed by atoms with van der Waals surface area (Å²) in [7, 11) is 8.30. The summed E-state index contributed by atoms with van der Waals surface area (Å²) in [5.41, 5.74) is 9.55. The lowest BCUT2D eigenvalue weighted by molar-refractivity contribution is -0.132.